The van der Waals surface area contributed by atoms with E-state index in [2.05, 4.69) is 0 Å². The van der Waals surface area contributed by atoms with Crippen molar-refractivity contribution in [3.63, 3.8) is 0 Å². The molecular formula is C8H15NO4. The maximum absolute atomic E-state index is 10.6. The van der Waals surface area contributed by atoms with E-state index in [0.717, 1.165) is 6.54 Å². The topological polar surface area (TPSA) is 59.0 Å². The number of esters is 1. The molecule has 13 heavy (non-hydrogen) atoms. The van der Waals surface area contributed by atoms with Gasteiger partial charge in [0.05, 0.1) is 19.8 Å². The second-order valence-electron chi connectivity index (χ2n) is 2.93. The smallest absolute Gasteiger partial charge is 0.304 e. The van der Waals surface area contributed by atoms with Crippen LogP contribution in [0.15, 0.2) is 0 Å². The number of hydrogen-bond donors (Lipinski definition) is 1. The zero-order valence-corrected chi connectivity index (χ0v) is 7.73. The predicted octanol–water partition coefficient (Wildman–Crippen LogP) is -0.800. The molecule has 0 aromatic carbocycles. The molecule has 5 heteroatoms. The van der Waals surface area contributed by atoms with Crippen molar-refractivity contribution in [1.29, 1.82) is 0 Å². The van der Waals surface area contributed by atoms with E-state index in [1.54, 1.807) is 0 Å². The first-order chi connectivity index (χ1) is 6.22. The highest BCUT2D eigenvalue weighted by Crippen LogP contribution is 2.05. The Labute approximate surface area is 77.2 Å². The molecule has 1 saturated heterocycles. The molecule has 0 saturated carbocycles. The fourth-order valence-corrected chi connectivity index (χ4v) is 1.27. The minimum absolute atomic E-state index is 0.118. The van der Waals surface area contributed by atoms with E-state index in [0.29, 0.717) is 19.7 Å². The summed E-state index contributed by atoms with van der Waals surface area (Å²) in [6.07, 6.45) is -0.474. The summed E-state index contributed by atoms with van der Waals surface area (Å²) in [5, 5.41) is 8.70. The van der Waals surface area contributed by atoms with Gasteiger partial charge < -0.3 is 14.6 Å². The summed E-state index contributed by atoms with van der Waals surface area (Å²) >= 11 is 0. The quantitative estimate of drug-likeness (QED) is 0.589. The van der Waals surface area contributed by atoms with Gasteiger partial charge in [0.25, 0.3) is 0 Å². The van der Waals surface area contributed by atoms with Gasteiger partial charge in [0.15, 0.2) is 0 Å². The first-order valence-corrected chi connectivity index (χ1v) is 4.34. The Kier molecular flexibility index (Phi) is 4.14. The molecule has 0 radical (unpaired) electrons. The molecule has 1 aliphatic heterocycles. The predicted molar refractivity (Wildman–Crippen MR) is 45.0 cm³/mol. The van der Waals surface area contributed by atoms with Gasteiger partial charge >= 0.3 is 5.97 Å². The lowest BCUT2D eigenvalue weighted by atomic mass is 10.4. The molecule has 1 N–H and O–H groups in total. The Balaban J connectivity index is 2.28. The highest BCUT2D eigenvalue weighted by atomic mass is 16.7. The molecule has 0 aliphatic carbocycles. The maximum atomic E-state index is 10.6. The van der Waals surface area contributed by atoms with Crippen molar-refractivity contribution in [2.24, 2.45) is 0 Å². The molecule has 0 spiro atoms. The minimum atomic E-state index is -0.474. The van der Waals surface area contributed by atoms with E-state index < -0.39 is 6.29 Å². The second-order valence-corrected chi connectivity index (χ2v) is 2.93. The fourth-order valence-electron chi connectivity index (χ4n) is 1.27. The summed E-state index contributed by atoms with van der Waals surface area (Å²) in [4.78, 5) is 12.6. The Hall–Kier alpha value is -0.650. The van der Waals surface area contributed by atoms with Gasteiger partial charge in [-0.15, -0.1) is 0 Å². The van der Waals surface area contributed by atoms with Crippen molar-refractivity contribution in [2.45, 2.75) is 13.2 Å². The molecule has 1 heterocycles. The molecule has 1 fully saturated rings. The number of aliphatic hydroxyl groups excluding tert-OH is 1. The Bertz CT molecular complexity index is 172. The van der Waals surface area contributed by atoms with Gasteiger partial charge in [0, 0.05) is 20.0 Å². The van der Waals surface area contributed by atoms with E-state index in [-0.39, 0.29) is 12.6 Å². The number of nitrogens with zero attached hydrogens (tertiary/aromatic N) is 1. The maximum Gasteiger partial charge on any atom is 0.304 e. The van der Waals surface area contributed by atoms with Crippen molar-refractivity contribution in [3.8, 4) is 0 Å². The number of hydrogen-bond acceptors (Lipinski definition) is 5. The summed E-state index contributed by atoms with van der Waals surface area (Å²) in [5.41, 5.74) is 0. The van der Waals surface area contributed by atoms with Crippen LogP contribution < -0.4 is 0 Å². The summed E-state index contributed by atoms with van der Waals surface area (Å²) in [6.45, 7) is 3.93. The zero-order valence-electron chi connectivity index (χ0n) is 7.73. The molecule has 76 valence electrons. The average molecular weight is 189 g/mol. The Morgan fingerprint density at radius 3 is 3.15 bits per heavy atom. The van der Waals surface area contributed by atoms with Crippen LogP contribution in [-0.2, 0) is 14.3 Å². The second kappa shape index (κ2) is 5.16. The van der Waals surface area contributed by atoms with Gasteiger partial charge in [0.2, 0.25) is 6.29 Å². The van der Waals surface area contributed by atoms with Crippen molar-refractivity contribution in [1.82, 2.24) is 4.90 Å². The van der Waals surface area contributed by atoms with Crippen molar-refractivity contribution < 1.29 is 19.4 Å². The SMILES string of the molecule is CC(=O)OC1CN(CCO)CCO1. The zero-order chi connectivity index (χ0) is 9.68. The summed E-state index contributed by atoms with van der Waals surface area (Å²) < 4.78 is 10.1. The van der Waals surface area contributed by atoms with Gasteiger partial charge in [-0.1, -0.05) is 0 Å². The molecule has 1 rings (SSSR count). The van der Waals surface area contributed by atoms with Crippen molar-refractivity contribution in [2.75, 3.05) is 32.8 Å². The number of morpholine rings is 1. The van der Waals surface area contributed by atoms with Gasteiger partial charge in [-0.25, -0.2) is 0 Å². The number of rotatable bonds is 3. The van der Waals surface area contributed by atoms with Crippen LogP contribution >= 0.6 is 0 Å². The molecule has 0 aromatic rings. The third kappa shape index (κ3) is 3.71. The van der Waals surface area contributed by atoms with Crippen LogP contribution in [0, 0.1) is 0 Å². The van der Waals surface area contributed by atoms with Gasteiger partial charge in [0.1, 0.15) is 0 Å². The lowest BCUT2D eigenvalue weighted by Gasteiger charge is -2.31. The molecule has 1 aliphatic rings. The summed E-state index contributed by atoms with van der Waals surface area (Å²) in [6, 6.07) is 0. The van der Waals surface area contributed by atoms with Crippen LogP contribution in [0.25, 0.3) is 0 Å². The number of ether oxygens (including phenoxy) is 2. The minimum Gasteiger partial charge on any atom is -0.435 e. The van der Waals surface area contributed by atoms with Crippen LogP contribution in [0.4, 0.5) is 0 Å². The van der Waals surface area contributed by atoms with Gasteiger partial charge in [-0.3, -0.25) is 9.69 Å². The van der Waals surface area contributed by atoms with Crippen LogP contribution in [-0.4, -0.2) is 55.1 Å². The number of β-amino-alcohol motifs (C(OH)–C–C–N with tert-alkyl or cyclic N) is 1. The molecule has 1 unspecified atom stereocenters. The van der Waals surface area contributed by atoms with E-state index in [1.807, 2.05) is 4.90 Å². The normalized spacial score (nSPS) is 24.3. The van der Waals surface area contributed by atoms with E-state index in [9.17, 15) is 4.79 Å². The standard InChI is InChI=1S/C8H15NO4/c1-7(11)13-8-6-9(2-4-10)3-5-12-8/h8,10H,2-6H2,1H3. The van der Waals surface area contributed by atoms with E-state index in [1.165, 1.54) is 6.92 Å². The van der Waals surface area contributed by atoms with Crippen LogP contribution in [0.5, 0.6) is 0 Å². The number of carbonyl (C=O) groups is 1. The molecular weight excluding hydrogens is 174 g/mol. The Morgan fingerprint density at radius 1 is 1.77 bits per heavy atom. The fraction of sp³-hybridized carbons (Fsp3) is 0.875. The summed E-state index contributed by atoms with van der Waals surface area (Å²) in [7, 11) is 0. The largest absolute Gasteiger partial charge is 0.435 e. The molecule has 1 atom stereocenters. The highest BCUT2D eigenvalue weighted by Gasteiger charge is 2.21. The monoisotopic (exact) mass is 189 g/mol. The summed E-state index contributed by atoms with van der Waals surface area (Å²) in [5.74, 6) is -0.337. The third-order valence-electron chi connectivity index (χ3n) is 1.83. The van der Waals surface area contributed by atoms with Crippen LogP contribution in [0.3, 0.4) is 0 Å². The van der Waals surface area contributed by atoms with Crippen molar-refractivity contribution in [3.05, 3.63) is 0 Å². The van der Waals surface area contributed by atoms with E-state index >= 15 is 0 Å². The number of aliphatic hydroxyl groups is 1. The Morgan fingerprint density at radius 2 is 2.54 bits per heavy atom. The van der Waals surface area contributed by atoms with Crippen molar-refractivity contribution >= 4 is 5.97 Å². The lowest BCUT2D eigenvalue weighted by Crippen LogP contribution is -2.45. The van der Waals surface area contributed by atoms with Crippen LogP contribution in [0.1, 0.15) is 6.92 Å². The van der Waals surface area contributed by atoms with Crippen LogP contribution in [0.2, 0.25) is 0 Å². The average Bonchev–Trinajstić information content (AvgIpc) is 2.04. The van der Waals surface area contributed by atoms with E-state index in [4.69, 9.17) is 14.6 Å². The third-order valence-corrected chi connectivity index (χ3v) is 1.83. The molecule has 0 bridgehead atoms. The highest BCUT2D eigenvalue weighted by molar-refractivity contribution is 5.66. The van der Waals surface area contributed by atoms with Gasteiger partial charge in [-0.2, -0.15) is 0 Å². The number of carbonyl (C=O) groups excluding carboxylic acids is 1. The molecule has 0 aromatic heterocycles. The molecule has 5 nitrogen and oxygen atoms in total. The lowest BCUT2D eigenvalue weighted by molar-refractivity contribution is -0.192. The first kappa shape index (κ1) is 10.4. The molecule has 0 amide bonds. The van der Waals surface area contributed by atoms with Gasteiger partial charge in [-0.05, 0) is 0 Å². The first-order valence-electron chi connectivity index (χ1n) is 4.34.